The summed E-state index contributed by atoms with van der Waals surface area (Å²) in [6.07, 6.45) is 2.82. The third kappa shape index (κ3) is 2.53. The maximum absolute atomic E-state index is 11.7. The van der Waals surface area contributed by atoms with Crippen LogP contribution in [-0.4, -0.2) is 10.9 Å². The average Bonchev–Trinajstić information content (AvgIpc) is 2.30. The van der Waals surface area contributed by atoms with Gasteiger partial charge in [-0.2, -0.15) is 0 Å². The molecule has 2 nitrogen and oxygen atoms in total. The number of aliphatic hydroxyl groups excluding tert-OH is 1. The van der Waals surface area contributed by atoms with Crippen LogP contribution < -0.4 is 0 Å². The van der Waals surface area contributed by atoms with Crippen LogP contribution in [0.3, 0.4) is 0 Å². The lowest BCUT2D eigenvalue weighted by molar-refractivity contribution is -0.128. The molecular weight excluding hydrogens is 268 g/mol. The molecule has 0 saturated heterocycles. The Morgan fingerprint density at radius 1 is 1.25 bits per heavy atom. The molecule has 1 aliphatic rings. The molecule has 0 bridgehead atoms. The van der Waals surface area contributed by atoms with Crippen LogP contribution in [0.4, 0.5) is 0 Å². The number of carbonyl (C=O) groups excluding carboxylic acids is 1. The van der Waals surface area contributed by atoms with Crippen LogP contribution in [-0.2, 0) is 4.79 Å². The molecule has 0 heterocycles. The van der Waals surface area contributed by atoms with Crippen molar-refractivity contribution < 1.29 is 9.90 Å². The van der Waals surface area contributed by atoms with Crippen molar-refractivity contribution >= 4 is 21.7 Å². The molecule has 1 fully saturated rings. The van der Waals surface area contributed by atoms with Gasteiger partial charge >= 0.3 is 0 Å². The lowest BCUT2D eigenvalue weighted by atomic mass is 9.82. The first-order chi connectivity index (χ1) is 7.68. The van der Waals surface area contributed by atoms with E-state index in [2.05, 4.69) is 15.9 Å². The molecule has 0 radical (unpaired) electrons. The van der Waals surface area contributed by atoms with Gasteiger partial charge in [-0.15, -0.1) is 0 Å². The van der Waals surface area contributed by atoms with E-state index < -0.39 is 6.10 Å². The molecule has 1 aromatic rings. The van der Waals surface area contributed by atoms with Gasteiger partial charge in [-0.1, -0.05) is 34.5 Å². The standard InChI is InChI=1S/C13H15BrO2/c14-10-7-5-9(6-8-10)13(16)11-3-1-2-4-12(11)15/h5-8,11,13,16H,1-4H2/t11-,13-/m1/s1. The van der Waals surface area contributed by atoms with Gasteiger partial charge in [0, 0.05) is 16.8 Å². The van der Waals surface area contributed by atoms with E-state index in [-0.39, 0.29) is 11.7 Å². The molecule has 2 rings (SSSR count). The second-order valence-electron chi connectivity index (χ2n) is 4.31. The summed E-state index contributed by atoms with van der Waals surface area (Å²) >= 11 is 3.35. The molecule has 1 aromatic carbocycles. The van der Waals surface area contributed by atoms with Gasteiger partial charge in [-0.25, -0.2) is 0 Å². The van der Waals surface area contributed by atoms with Gasteiger partial charge in [-0.05, 0) is 30.5 Å². The topological polar surface area (TPSA) is 37.3 Å². The molecule has 1 N–H and O–H groups in total. The smallest absolute Gasteiger partial charge is 0.138 e. The van der Waals surface area contributed by atoms with Gasteiger partial charge in [0.1, 0.15) is 5.78 Å². The second-order valence-corrected chi connectivity index (χ2v) is 5.23. The highest BCUT2D eigenvalue weighted by atomic mass is 79.9. The number of halogens is 1. The van der Waals surface area contributed by atoms with Crippen LogP contribution >= 0.6 is 15.9 Å². The fraction of sp³-hybridized carbons (Fsp3) is 0.462. The lowest BCUT2D eigenvalue weighted by Crippen LogP contribution is -2.25. The lowest BCUT2D eigenvalue weighted by Gasteiger charge is -2.25. The zero-order valence-corrected chi connectivity index (χ0v) is 10.6. The molecule has 0 aromatic heterocycles. The SMILES string of the molecule is O=C1CCCC[C@H]1[C@H](O)c1ccc(Br)cc1. The van der Waals surface area contributed by atoms with Gasteiger partial charge in [0.25, 0.3) is 0 Å². The molecule has 16 heavy (non-hydrogen) atoms. The van der Waals surface area contributed by atoms with E-state index in [1.165, 1.54) is 0 Å². The van der Waals surface area contributed by atoms with E-state index in [9.17, 15) is 9.90 Å². The predicted octanol–water partition coefficient (Wildman–Crippen LogP) is 3.24. The maximum Gasteiger partial charge on any atom is 0.138 e. The summed E-state index contributed by atoms with van der Waals surface area (Å²) in [7, 11) is 0. The van der Waals surface area contributed by atoms with Gasteiger partial charge in [0.05, 0.1) is 6.10 Å². The fourth-order valence-corrected chi connectivity index (χ4v) is 2.50. The first-order valence-corrected chi connectivity index (χ1v) is 6.44. The summed E-state index contributed by atoms with van der Waals surface area (Å²) in [6.45, 7) is 0. The van der Waals surface area contributed by atoms with E-state index in [1.807, 2.05) is 24.3 Å². The van der Waals surface area contributed by atoms with Crippen LogP contribution in [0.2, 0.25) is 0 Å². The van der Waals surface area contributed by atoms with Crippen LogP contribution in [0, 0.1) is 5.92 Å². The van der Waals surface area contributed by atoms with Crippen LogP contribution in [0.5, 0.6) is 0 Å². The highest BCUT2D eigenvalue weighted by Gasteiger charge is 2.29. The molecule has 0 spiro atoms. The van der Waals surface area contributed by atoms with Gasteiger partial charge < -0.3 is 5.11 Å². The minimum atomic E-state index is -0.638. The Bertz CT molecular complexity index is 372. The monoisotopic (exact) mass is 282 g/mol. The third-order valence-corrected chi connectivity index (χ3v) is 3.72. The summed E-state index contributed by atoms with van der Waals surface area (Å²) in [5, 5.41) is 10.2. The van der Waals surface area contributed by atoms with Crippen LogP contribution in [0.25, 0.3) is 0 Å². The van der Waals surface area contributed by atoms with Crippen LogP contribution in [0.15, 0.2) is 28.7 Å². The van der Waals surface area contributed by atoms with E-state index in [0.29, 0.717) is 6.42 Å². The maximum atomic E-state index is 11.7. The highest BCUT2D eigenvalue weighted by Crippen LogP contribution is 2.32. The summed E-state index contributed by atoms with van der Waals surface area (Å²) < 4.78 is 0.985. The Labute approximate surface area is 104 Å². The Hall–Kier alpha value is -0.670. The quantitative estimate of drug-likeness (QED) is 0.904. The Morgan fingerprint density at radius 3 is 2.56 bits per heavy atom. The molecule has 0 unspecified atom stereocenters. The highest BCUT2D eigenvalue weighted by molar-refractivity contribution is 9.10. The zero-order chi connectivity index (χ0) is 11.5. The number of carbonyl (C=O) groups is 1. The van der Waals surface area contributed by atoms with Crippen molar-refractivity contribution in [3.05, 3.63) is 34.3 Å². The molecule has 0 aliphatic heterocycles. The molecule has 1 aliphatic carbocycles. The number of hydrogen-bond donors (Lipinski definition) is 1. The molecule has 0 amide bonds. The number of ketones is 1. The molecule has 2 atom stereocenters. The average molecular weight is 283 g/mol. The normalized spacial score (nSPS) is 23.1. The van der Waals surface area contributed by atoms with Crippen molar-refractivity contribution in [2.75, 3.05) is 0 Å². The summed E-state index contributed by atoms with van der Waals surface area (Å²) in [4.78, 5) is 11.7. The van der Waals surface area contributed by atoms with Gasteiger partial charge in [0.15, 0.2) is 0 Å². The van der Waals surface area contributed by atoms with Crippen molar-refractivity contribution in [3.8, 4) is 0 Å². The minimum Gasteiger partial charge on any atom is -0.388 e. The first kappa shape index (κ1) is 11.8. The van der Waals surface area contributed by atoms with E-state index in [1.54, 1.807) is 0 Å². The predicted molar refractivity (Wildman–Crippen MR) is 66.1 cm³/mol. The number of aliphatic hydroxyl groups is 1. The Balaban J connectivity index is 2.14. The first-order valence-electron chi connectivity index (χ1n) is 5.65. The van der Waals surface area contributed by atoms with Gasteiger partial charge in [-0.3, -0.25) is 4.79 Å². The Kier molecular flexibility index (Phi) is 3.77. The zero-order valence-electron chi connectivity index (χ0n) is 9.03. The van der Waals surface area contributed by atoms with E-state index >= 15 is 0 Å². The molecular formula is C13H15BrO2. The number of Topliss-reactive ketones (excluding diaryl/α,β-unsaturated/α-hetero) is 1. The van der Waals surface area contributed by atoms with E-state index in [4.69, 9.17) is 0 Å². The fourth-order valence-electron chi connectivity index (χ4n) is 2.24. The minimum absolute atomic E-state index is 0.199. The van der Waals surface area contributed by atoms with Crippen molar-refractivity contribution in [1.29, 1.82) is 0 Å². The second kappa shape index (κ2) is 5.11. The van der Waals surface area contributed by atoms with Crippen molar-refractivity contribution in [2.24, 2.45) is 5.92 Å². The van der Waals surface area contributed by atoms with Crippen molar-refractivity contribution in [2.45, 2.75) is 31.8 Å². The summed E-state index contributed by atoms with van der Waals surface area (Å²) in [6, 6.07) is 7.53. The van der Waals surface area contributed by atoms with Crippen molar-refractivity contribution in [3.63, 3.8) is 0 Å². The number of hydrogen-bond acceptors (Lipinski definition) is 2. The number of rotatable bonds is 2. The summed E-state index contributed by atoms with van der Waals surface area (Å²) in [5.74, 6) is 0.0107. The van der Waals surface area contributed by atoms with Crippen LogP contribution in [0.1, 0.15) is 37.4 Å². The molecule has 3 heteroatoms. The van der Waals surface area contributed by atoms with Crippen molar-refractivity contribution in [1.82, 2.24) is 0 Å². The largest absolute Gasteiger partial charge is 0.388 e. The number of benzene rings is 1. The molecule has 86 valence electrons. The third-order valence-electron chi connectivity index (χ3n) is 3.19. The van der Waals surface area contributed by atoms with Gasteiger partial charge in [0.2, 0.25) is 0 Å². The molecule has 1 saturated carbocycles. The summed E-state index contributed by atoms with van der Waals surface area (Å²) in [5.41, 5.74) is 0.837. The van der Waals surface area contributed by atoms with E-state index in [0.717, 1.165) is 29.3 Å². The Morgan fingerprint density at radius 2 is 1.94 bits per heavy atom.